The molecule has 3 aromatic rings. The van der Waals surface area contributed by atoms with Gasteiger partial charge in [0.15, 0.2) is 0 Å². The molecule has 0 saturated carbocycles. The van der Waals surface area contributed by atoms with Gasteiger partial charge in [0, 0.05) is 30.7 Å². The topological polar surface area (TPSA) is 58.2 Å². The summed E-state index contributed by atoms with van der Waals surface area (Å²) >= 11 is 3.59. The van der Waals surface area contributed by atoms with Crippen molar-refractivity contribution in [3.8, 4) is 11.3 Å². The molecule has 0 spiro atoms. The molecule has 7 heteroatoms. The van der Waals surface area contributed by atoms with Gasteiger partial charge in [-0.15, -0.1) is 0 Å². The lowest BCUT2D eigenvalue weighted by Crippen LogP contribution is -2.36. The monoisotopic (exact) mass is 389 g/mol. The number of benzene rings is 1. The van der Waals surface area contributed by atoms with Crippen molar-refractivity contribution >= 4 is 26.8 Å². The number of halogens is 1. The first-order valence-electron chi connectivity index (χ1n) is 7.66. The summed E-state index contributed by atoms with van der Waals surface area (Å²) in [7, 11) is 3.21. The van der Waals surface area contributed by atoms with Crippen molar-refractivity contribution in [1.29, 1.82) is 0 Å². The van der Waals surface area contributed by atoms with Crippen LogP contribution in [0.25, 0.3) is 22.2 Å². The number of nitrogens with zero attached hydrogens (tertiary/aromatic N) is 3. The van der Waals surface area contributed by atoms with Gasteiger partial charge in [0.05, 0.1) is 35.5 Å². The Labute approximate surface area is 146 Å². The van der Waals surface area contributed by atoms with Crippen molar-refractivity contribution in [3.05, 3.63) is 55.3 Å². The number of hydrogen-bond acceptors (Lipinski definition) is 3. The van der Waals surface area contributed by atoms with Crippen LogP contribution in [0.5, 0.6) is 0 Å². The fourth-order valence-corrected chi connectivity index (χ4v) is 3.92. The van der Waals surface area contributed by atoms with Crippen molar-refractivity contribution in [2.45, 2.75) is 13.2 Å². The number of rotatable bonds is 1. The Morgan fingerprint density at radius 1 is 1.12 bits per heavy atom. The summed E-state index contributed by atoms with van der Waals surface area (Å²) in [6, 6.07) is 7.81. The molecule has 0 radical (unpaired) electrons. The van der Waals surface area contributed by atoms with Gasteiger partial charge < -0.3 is 9.30 Å². The van der Waals surface area contributed by atoms with Crippen LogP contribution in [0.4, 0.5) is 0 Å². The third-order valence-electron chi connectivity index (χ3n) is 4.60. The van der Waals surface area contributed by atoms with E-state index in [9.17, 15) is 9.59 Å². The second kappa shape index (κ2) is 5.46. The normalized spacial score (nSPS) is 14.1. The highest BCUT2D eigenvalue weighted by molar-refractivity contribution is 9.10. The van der Waals surface area contributed by atoms with E-state index < -0.39 is 0 Å². The standard InChI is InChI=1S/C17H16BrN3O3/c1-19-15-12-9-24-8-7-21(12)14(10-5-3-4-6-11(10)18)13(15)16(22)20(2)17(19)23/h3-6H,7-9H2,1-2H3. The van der Waals surface area contributed by atoms with Crippen LogP contribution in [-0.4, -0.2) is 20.3 Å². The minimum absolute atomic E-state index is 0.277. The second-order valence-corrected chi connectivity index (χ2v) is 6.76. The number of ether oxygens (including phenoxy) is 1. The molecule has 0 bridgehead atoms. The zero-order valence-electron chi connectivity index (χ0n) is 13.4. The molecule has 0 unspecified atom stereocenters. The van der Waals surface area contributed by atoms with E-state index in [1.54, 1.807) is 7.05 Å². The van der Waals surface area contributed by atoms with Gasteiger partial charge in [-0.05, 0) is 6.07 Å². The van der Waals surface area contributed by atoms with Gasteiger partial charge in [-0.25, -0.2) is 4.79 Å². The minimum Gasteiger partial charge on any atom is -0.373 e. The van der Waals surface area contributed by atoms with Crippen LogP contribution >= 0.6 is 15.9 Å². The smallest absolute Gasteiger partial charge is 0.331 e. The third-order valence-corrected chi connectivity index (χ3v) is 5.29. The first-order valence-corrected chi connectivity index (χ1v) is 8.45. The maximum Gasteiger partial charge on any atom is 0.331 e. The first-order chi connectivity index (χ1) is 11.5. The number of aryl methyl sites for hydroxylation is 1. The molecule has 0 atom stereocenters. The molecule has 2 aromatic heterocycles. The molecule has 1 aromatic carbocycles. The summed E-state index contributed by atoms with van der Waals surface area (Å²) in [6.07, 6.45) is 0. The number of hydrogen-bond donors (Lipinski definition) is 0. The highest BCUT2D eigenvalue weighted by Crippen LogP contribution is 2.36. The molecule has 0 amide bonds. The average molecular weight is 390 g/mol. The predicted molar refractivity (Wildman–Crippen MR) is 95.2 cm³/mol. The lowest BCUT2D eigenvalue weighted by Gasteiger charge is -2.19. The van der Waals surface area contributed by atoms with Crippen LogP contribution in [0.1, 0.15) is 5.69 Å². The molecule has 0 aliphatic carbocycles. The summed E-state index contributed by atoms with van der Waals surface area (Å²) in [5.74, 6) is 0. The Morgan fingerprint density at radius 3 is 2.62 bits per heavy atom. The molecule has 3 heterocycles. The van der Waals surface area contributed by atoms with E-state index in [1.165, 1.54) is 11.6 Å². The summed E-state index contributed by atoms with van der Waals surface area (Å²) in [4.78, 5) is 25.3. The van der Waals surface area contributed by atoms with Crippen LogP contribution in [0, 0.1) is 0 Å². The lowest BCUT2D eigenvalue weighted by molar-refractivity contribution is 0.0864. The molecule has 1 aliphatic heterocycles. The Kier molecular flexibility index (Phi) is 3.51. The van der Waals surface area contributed by atoms with Crippen LogP contribution in [0.15, 0.2) is 38.3 Å². The maximum atomic E-state index is 12.9. The molecule has 4 rings (SSSR count). The average Bonchev–Trinajstić information content (AvgIpc) is 2.94. The quantitative estimate of drug-likeness (QED) is 0.639. The van der Waals surface area contributed by atoms with Crippen molar-refractivity contribution in [2.75, 3.05) is 6.61 Å². The molecular weight excluding hydrogens is 374 g/mol. The Bertz CT molecular complexity index is 1090. The molecule has 24 heavy (non-hydrogen) atoms. The van der Waals surface area contributed by atoms with E-state index in [2.05, 4.69) is 20.5 Å². The van der Waals surface area contributed by atoms with Crippen molar-refractivity contribution in [2.24, 2.45) is 14.1 Å². The van der Waals surface area contributed by atoms with Crippen molar-refractivity contribution < 1.29 is 4.74 Å². The summed E-state index contributed by atoms with van der Waals surface area (Å²) < 4.78 is 11.3. The Morgan fingerprint density at radius 2 is 1.88 bits per heavy atom. The summed E-state index contributed by atoms with van der Waals surface area (Å²) in [6.45, 7) is 1.62. The van der Waals surface area contributed by atoms with E-state index in [-0.39, 0.29) is 11.2 Å². The van der Waals surface area contributed by atoms with E-state index in [0.717, 1.165) is 26.0 Å². The van der Waals surface area contributed by atoms with E-state index in [0.29, 0.717) is 30.7 Å². The predicted octanol–water partition coefficient (Wildman–Crippen LogP) is 2.00. The minimum atomic E-state index is -0.329. The van der Waals surface area contributed by atoms with E-state index >= 15 is 0 Å². The maximum absolute atomic E-state index is 12.9. The van der Waals surface area contributed by atoms with Gasteiger partial charge in [-0.3, -0.25) is 13.9 Å². The van der Waals surface area contributed by atoms with Crippen LogP contribution in [-0.2, 0) is 32.0 Å². The molecule has 1 aliphatic rings. The Hall–Kier alpha value is -2.12. The zero-order chi connectivity index (χ0) is 17.0. The van der Waals surface area contributed by atoms with E-state index in [4.69, 9.17) is 4.74 Å². The summed E-state index contributed by atoms with van der Waals surface area (Å²) in [5, 5.41) is 0.562. The highest BCUT2D eigenvalue weighted by atomic mass is 79.9. The van der Waals surface area contributed by atoms with Crippen molar-refractivity contribution in [1.82, 2.24) is 13.7 Å². The largest absolute Gasteiger partial charge is 0.373 e. The molecule has 0 saturated heterocycles. The number of fused-ring (bicyclic) bond motifs is 3. The molecule has 0 N–H and O–H groups in total. The van der Waals surface area contributed by atoms with Crippen molar-refractivity contribution in [3.63, 3.8) is 0 Å². The van der Waals surface area contributed by atoms with Gasteiger partial charge in [0.2, 0.25) is 0 Å². The zero-order valence-corrected chi connectivity index (χ0v) is 15.0. The fraction of sp³-hybridized carbons (Fsp3) is 0.294. The molecular formula is C17H16BrN3O3. The lowest BCUT2D eigenvalue weighted by atomic mass is 10.1. The van der Waals surface area contributed by atoms with Crippen LogP contribution in [0.3, 0.4) is 0 Å². The van der Waals surface area contributed by atoms with Gasteiger partial charge in [-0.1, -0.05) is 34.1 Å². The molecule has 6 nitrogen and oxygen atoms in total. The Balaban J connectivity index is 2.28. The molecule has 0 fully saturated rings. The van der Waals surface area contributed by atoms with Gasteiger partial charge >= 0.3 is 5.69 Å². The third kappa shape index (κ3) is 1.98. The van der Waals surface area contributed by atoms with Gasteiger partial charge in [0.25, 0.3) is 5.56 Å². The highest BCUT2D eigenvalue weighted by Gasteiger charge is 2.27. The van der Waals surface area contributed by atoms with E-state index in [1.807, 2.05) is 24.3 Å². The number of aromatic nitrogens is 3. The fourth-order valence-electron chi connectivity index (χ4n) is 3.44. The van der Waals surface area contributed by atoms with Crippen LogP contribution in [0.2, 0.25) is 0 Å². The first kappa shape index (κ1) is 15.4. The van der Waals surface area contributed by atoms with Gasteiger partial charge in [-0.2, -0.15) is 0 Å². The summed E-state index contributed by atoms with van der Waals surface area (Å²) in [5.41, 5.74) is 2.71. The SMILES string of the molecule is Cn1c(=O)c2c(-c3ccccc3Br)n3c(c2n(C)c1=O)COCC3. The van der Waals surface area contributed by atoms with Gasteiger partial charge in [0.1, 0.15) is 0 Å². The van der Waals surface area contributed by atoms with Crippen LogP contribution < -0.4 is 11.2 Å². The molecule has 124 valence electrons. The second-order valence-electron chi connectivity index (χ2n) is 5.91.